The average molecular weight is 265 g/mol. The number of nitrogens with one attached hydrogen (secondary N) is 2. The SMILES string of the molecule is CCNC(=O)C(C)NC(=O)c1cccc(C(=O)O)n1. The van der Waals surface area contributed by atoms with Gasteiger partial charge in [0.25, 0.3) is 5.91 Å². The number of nitrogens with zero attached hydrogens (tertiary/aromatic N) is 1. The topological polar surface area (TPSA) is 108 Å². The number of carboxylic acid groups (broad SMARTS) is 1. The zero-order valence-electron chi connectivity index (χ0n) is 10.6. The Hall–Kier alpha value is -2.44. The number of likely N-dealkylation sites (N-methyl/N-ethyl adjacent to an activating group) is 1. The molecule has 0 saturated carbocycles. The predicted octanol–water partition coefficient (Wildman–Crippen LogP) is 0.0342. The third-order valence-corrected chi connectivity index (χ3v) is 2.29. The molecule has 0 aliphatic carbocycles. The van der Waals surface area contributed by atoms with Gasteiger partial charge in [-0.25, -0.2) is 9.78 Å². The molecule has 0 bridgehead atoms. The number of pyridine rings is 1. The lowest BCUT2D eigenvalue weighted by Gasteiger charge is -2.12. The fraction of sp³-hybridized carbons (Fsp3) is 0.333. The molecule has 2 amide bonds. The van der Waals surface area contributed by atoms with E-state index in [-0.39, 0.29) is 17.3 Å². The lowest BCUT2D eigenvalue weighted by Crippen LogP contribution is -2.44. The maximum Gasteiger partial charge on any atom is 0.354 e. The van der Waals surface area contributed by atoms with Crippen LogP contribution in [-0.4, -0.2) is 40.5 Å². The average Bonchev–Trinajstić information content (AvgIpc) is 2.39. The molecule has 0 spiro atoms. The Bertz CT molecular complexity index is 502. The van der Waals surface area contributed by atoms with Crippen molar-refractivity contribution in [1.29, 1.82) is 0 Å². The molecule has 0 saturated heterocycles. The summed E-state index contributed by atoms with van der Waals surface area (Å²) in [5, 5.41) is 13.8. The lowest BCUT2D eigenvalue weighted by molar-refractivity contribution is -0.122. The summed E-state index contributed by atoms with van der Waals surface area (Å²) >= 11 is 0. The standard InChI is InChI=1S/C12H15N3O4/c1-3-13-10(16)7(2)14-11(17)8-5-4-6-9(15-8)12(18)19/h4-7H,3H2,1-2H3,(H,13,16)(H,14,17)(H,18,19). The molecule has 7 heteroatoms. The smallest absolute Gasteiger partial charge is 0.354 e. The van der Waals surface area contributed by atoms with Crippen LogP contribution in [0.15, 0.2) is 18.2 Å². The number of carboxylic acids is 1. The molecule has 1 atom stereocenters. The molecule has 1 aromatic heterocycles. The number of carbonyl (C=O) groups excluding carboxylic acids is 2. The molecule has 0 aliphatic heterocycles. The molecule has 0 radical (unpaired) electrons. The molecule has 1 heterocycles. The molecule has 1 unspecified atom stereocenters. The summed E-state index contributed by atoms with van der Waals surface area (Å²) in [4.78, 5) is 37.7. The summed E-state index contributed by atoms with van der Waals surface area (Å²) in [6, 6.07) is 3.36. The van der Waals surface area contributed by atoms with Crippen LogP contribution in [0.25, 0.3) is 0 Å². The van der Waals surface area contributed by atoms with Crippen molar-refractivity contribution in [2.75, 3.05) is 6.54 Å². The first-order chi connectivity index (χ1) is 8.95. The van der Waals surface area contributed by atoms with Crippen molar-refractivity contribution >= 4 is 17.8 Å². The highest BCUT2D eigenvalue weighted by atomic mass is 16.4. The molecule has 0 aliphatic rings. The minimum Gasteiger partial charge on any atom is -0.477 e. The summed E-state index contributed by atoms with van der Waals surface area (Å²) in [6.07, 6.45) is 0. The summed E-state index contributed by atoms with van der Waals surface area (Å²) < 4.78 is 0. The second-order valence-electron chi connectivity index (χ2n) is 3.80. The van der Waals surface area contributed by atoms with Gasteiger partial charge in [0, 0.05) is 6.54 Å². The minimum absolute atomic E-state index is 0.0453. The van der Waals surface area contributed by atoms with Crippen LogP contribution in [0.2, 0.25) is 0 Å². The van der Waals surface area contributed by atoms with Gasteiger partial charge in [-0.2, -0.15) is 0 Å². The van der Waals surface area contributed by atoms with E-state index in [4.69, 9.17) is 5.11 Å². The van der Waals surface area contributed by atoms with E-state index in [0.29, 0.717) is 6.54 Å². The summed E-state index contributed by atoms with van der Waals surface area (Å²) in [6.45, 7) is 3.76. The van der Waals surface area contributed by atoms with Crippen LogP contribution < -0.4 is 10.6 Å². The normalized spacial score (nSPS) is 11.5. The van der Waals surface area contributed by atoms with Crippen LogP contribution in [0.3, 0.4) is 0 Å². The van der Waals surface area contributed by atoms with E-state index in [9.17, 15) is 14.4 Å². The molecular formula is C12H15N3O4. The van der Waals surface area contributed by atoms with Gasteiger partial charge in [0.1, 0.15) is 17.4 Å². The van der Waals surface area contributed by atoms with E-state index in [1.54, 1.807) is 6.92 Å². The third kappa shape index (κ3) is 4.06. The van der Waals surface area contributed by atoms with Gasteiger partial charge in [-0.3, -0.25) is 9.59 Å². The number of aromatic nitrogens is 1. The fourth-order valence-corrected chi connectivity index (χ4v) is 1.34. The Morgan fingerprint density at radius 2 is 1.95 bits per heavy atom. The first kappa shape index (κ1) is 14.6. The number of amides is 2. The van der Waals surface area contributed by atoms with Gasteiger partial charge in [0.2, 0.25) is 5.91 Å². The van der Waals surface area contributed by atoms with Crippen LogP contribution in [0.1, 0.15) is 34.8 Å². The maximum atomic E-state index is 11.8. The van der Waals surface area contributed by atoms with Crippen molar-refractivity contribution in [1.82, 2.24) is 15.6 Å². The second kappa shape index (κ2) is 6.48. The second-order valence-corrected chi connectivity index (χ2v) is 3.80. The van der Waals surface area contributed by atoms with Gasteiger partial charge in [-0.05, 0) is 26.0 Å². The molecule has 7 nitrogen and oxygen atoms in total. The Kier molecular flexibility index (Phi) is 4.99. The first-order valence-corrected chi connectivity index (χ1v) is 5.74. The predicted molar refractivity (Wildman–Crippen MR) is 66.8 cm³/mol. The molecule has 3 N–H and O–H groups in total. The van der Waals surface area contributed by atoms with Crippen molar-refractivity contribution in [3.63, 3.8) is 0 Å². The fourth-order valence-electron chi connectivity index (χ4n) is 1.34. The van der Waals surface area contributed by atoms with Gasteiger partial charge < -0.3 is 15.7 Å². The van der Waals surface area contributed by atoms with E-state index >= 15 is 0 Å². The Labute approximate surface area is 110 Å². The van der Waals surface area contributed by atoms with Crippen molar-refractivity contribution < 1.29 is 19.5 Å². The van der Waals surface area contributed by atoms with Gasteiger partial charge in [0.15, 0.2) is 0 Å². The molecule has 0 fully saturated rings. The van der Waals surface area contributed by atoms with E-state index in [1.807, 2.05) is 0 Å². The molecule has 1 rings (SSSR count). The monoisotopic (exact) mass is 265 g/mol. The molecule has 102 valence electrons. The number of hydrogen-bond donors (Lipinski definition) is 3. The van der Waals surface area contributed by atoms with Gasteiger partial charge >= 0.3 is 5.97 Å². The zero-order valence-corrected chi connectivity index (χ0v) is 10.6. The highest BCUT2D eigenvalue weighted by molar-refractivity contribution is 5.97. The summed E-state index contributed by atoms with van der Waals surface area (Å²) in [7, 11) is 0. The zero-order chi connectivity index (χ0) is 14.4. The summed E-state index contributed by atoms with van der Waals surface area (Å²) in [5.41, 5.74) is -0.269. The van der Waals surface area contributed by atoms with Crippen LogP contribution in [0.4, 0.5) is 0 Å². The van der Waals surface area contributed by atoms with E-state index in [0.717, 1.165) is 0 Å². The highest BCUT2D eigenvalue weighted by Crippen LogP contribution is 2.00. The molecular weight excluding hydrogens is 250 g/mol. The van der Waals surface area contributed by atoms with Gasteiger partial charge in [0.05, 0.1) is 0 Å². The van der Waals surface area contributed by atoms with Crippen molar-refractivity contribution in [3.8, 4) is 0 Å². The van der Waals surface area contributed by atoms with Crippen LogP contribution in [-0.2, 0) is 4.79 Å². The number of rotatable bonds is 5. The Balaban J connectivity index is 2.75. The Morgan fingerprint density at radius 1 is 1.32 bits per heavy atom. The van der Waals surface area contributed by atoms with E-state index in [2.05, 4.69) is 15.6 Å². The molecule has 1 aromatic rings. The van der Waals surface area contributed by atoms with Crippen molar-refractivity contribution in [2.24, 2.45) is 0 Å². The van der Waals surface area contributed by atoms with Gasteiger partial charge in [-0.15, -0.1) is 0 Å². The maximum absolute atomic E-state index is 11.8. The van der Waals surface area contributed by atoms with Crippen molar-refractivity contribution in [3.05, 3.63) is 29.6 Å². The van der Waals surface area contributed by atoms with E-state index < -0.39 is 17.9 Å². The molecule has 19 heavy (non-hydrogen) atoms. The quantitative estimate of drug-likeness (QED) is 0.696. The lowest BCUT2D eigenvalue weighted by atomic mass is 10.2. The number of aromatic carboxylic acids is 1. The minimum atomic E-state index is -1.22. The van der Waals surface area contributed by atoms with Crippen LogP contribution in [0, 0.1) is 0 Å². The first-order valence-electron chi connectivity index (χ1n) is 5.74. The van der Waals surface area contributed by atoms with Gasteiger partial charge in [-0.1, -0.05) is 6.07 Å². The molecule has 0 aromatic carbocycles. The third-order valence-electron chi connectivity index (χ3n) is 2.29. The van der Waals surface area contributed by atoms with Crippen molar-refractivity contribution in [2.45, 2.75) is 19.9 Å². The largest absolute Gasteiger partial charge is 0.477 e. The number of hydrogen-bond acceptors (Lipinski definition) is 4. The van der Waals surface area contributed by atoms with Crippen LogP contribution in [0.5, 0.6) is 0 Å². The number of carbonyl (C=O) groups is 3. The highest BCUT2D eigenvalue weighted by Gasteiger charge is 2.17. The van der Waals surface area contributed by atoms with Crippen LogP contribution >= 0.6 is 0 Å². The van der Waals surface area contributed by atoms with E-state index in [1.165, 1.54) is 25.1 Å². The Morgan fingerprint density at radius 3 is 2.53 bits per heavy atom. The summed E-state index contributed by atoms with van der Waals surface area (Å²) in [5.74, 6) is -2.13.